The van der Waals surface area contributed by atoms with Gasteiger partial charge in [0.1, 0.15) is 11.5 Å². The van der Waals surface area contributed by atoms with Crippen molar-refractivity contribution in [2.45, 2.75) is 13.1 Å². The quantitative estimate of drug-likeness (QED) is 0.877. The number of phenolic OH excluding ortho intramolecular Hbond substituents is 1. The van der Waals surface area contributed by atoms with Gasteiger partial charge in [-0.25, -0.2) is 0 Å². The number of aromatic hydroxyl groups is 1. The van der Waals surface area contributed by atoms with Crippen molar-refractivity contribution in [3.05, 3.63) is 53.5 Å². The van der Waals surface area contributed by atoms with Crippen LogP contribution in [0.4, 0.5) is 0 Å². The second kappa shape index (κ2) is 5.58. The van der Waals surface area contributed by atoms with E-state index in [-0.39, 0.29) is 24.0 Å². The third kappa shape index (κ3) is 2.95. The average Bonchev–Trinajstić information content (AvgIpc) is 2.89. The highest BCUT2D eigenvalue weighted by molar-refractivity contribution is 5.91. The van der Waals surface area contributed by atoms with E-state index in [4.69, 9.17) is 10.2 Å². The van der Waals surface area contributed by atoms with Gasteiger partial charge in [0.15, 0.2) is 5.76 Å². The fourth-order valence-corrected chi connectivity index (χ4v) is 1.76. The number of carbonyl (C=O) groups excluding carboxylic acids is 1. The Bertz CT molecular complexity index is 578. The first kappa shape index (κ1) is 13.2. The number of hydrogen-bond donors (Lipinski definition) is 2. The highest BCUT2D eigenvalue weighted by atomic mass is 16.4. The maximum atomic E-state index is 12.1. The fourth-order valence-electron chi connectivity index (χ4n) is 1.76. The molecule has 1 amide bonds. The van der Waals surface area contributed by atoms with E-state index in [1.165, 1.54) is 4.90 Å². The molecule has 0 radical (unpaired) electrons. The van der Waals surface area contributed by atoms with E-state index in [0.29, 0.717) is 17.9 Å². The Morgan fingerprint density at radius 3 is 2.68 bits per heavy atom. The van der Waals surface area contributed by atoms with Gasteiger partial charge in [0.2, 0.25) is 0 Å². The molecule has 0 saturated heterocycles. The third-order valence-electron chi connectivity index (χ3n) is 2.82. The number of nitrogens with zero attached hydrogens (tertiary/aromatic N) is 1. The number of amides is 1. The van der Waals surface area contributed by atoms with Crippen molar-refractivity contribution in [2.75, 3.05) is 7.05 Å². The molecule has 1 aromatic carbocycles. The molecular weight excluding hydrogens is 244 g/mol. The standard InChI is InChI=1S/C14H16N2O3/c1-16(9-10-4-2-3-5-12(10)17)14(18)13-7-6-11(8-15)19-13/h2-7,17H,8-9,15H2,1H3. The van der Waals surface area contributed by atoms with Crippen molar-refractivity contribution in [1.29, 1.82) is 0 Å². The number of para-hydroxylation sites is 1. The van der Waals surface area contributed by atoms with E-state index in [0.717, 1.165) is 0 Å². The minimum atomic E-state index is -0.247. The number of rotatable bonds is 4. The summed E-state index contributed by atoms with van der Waals surface area (Å²) in [4.78, 5) is 13.6. The van der Waals surface area contributed by atoms with Gasteiger partial charge in [0, 0.05) is 19.2 Å². The van der Waals surface area contributed by atoms with Gasteiger partial charge in [-0.2, -0.15) is 0 Å². The van der Waals surface area contributed by atoms with Gasteiger partial charge in [0.05, 0.1) is 6.54 Å². The van der Waals surface area contributed by atoms with E-state index in [2.05, 4.69) is 0 Å². The van der Waals surface area contributed by atoms with E-state index in [9.17, 15) is 9.90 Å². The Hall–Kier alpha value is -2.27. The fraction of sp³-hybridized carbons (Fsp3) is 0.214. The Kier molecular flexibility index (Phi) is 3.87. The average molecular weight is 260 g/mol. The van der Waals surface area contributed by atoms with Crippen LogP contribution in [0.2, 0.25) is 0 Å². The monoisotopic (exact) mass is 260 g/mol. The number of nitrogens with two attached hydrogens (primary N) is 1. The third-order valence-corrected chi connectivity index (χ3v) is 2.82. The molecule has 19 heavy (non-hydrogen) atoms. The predicted octanol–water partition coefficient (Wildman–Crippen LogP) is 1.72. The lowest BCUT2D eigenvalue weighted by Crippen LogP contribution is -2.25. The van der Waals surface area contributed by atoms with E-state index < -0.39 is 0 Å². The second-order valence-electron chi connectivity index (χ2n) is 4.26. The van der Waals surface area contributed by atoms with Crippen molar-refractivity contribution < 1.29 is 14.3 Å². The number of phenols is 1. The zero-order valence-electron chi connectivity index (χ0n) is 10.7. The van der Waals surface area contributed by atoms with Gasteiger partial charge in [0.25, 0.3) is 5.91 Å². The maximum Gasteiger partial charge on any atom is 0.289 e. The smallest absolute Gasteiger partial charge is 0.289 e. The molecule has 0 aliphatic carbocycles. The summed E-state index contributed by atoms with van der Waals surface area (Å²) < 4.78 is 5.30. The molecule has 2 rings (SSSR count). The number of carbonyl (C=O) groups is 1. The summed E-state index contributed by atoms with van der Waals surface area (Å²) in [6, 6.07) is 10.2. The summed E-state index contributed by atoms with van der Waals surface area (Å²) in [5, 5.41) is 9.68. The molecule has 1 heterocycles. The molecule has 3 N–H and O–H groups in total. The maximum absolute atomic E-state index is 12.1. The van der Waals surface area contributed by atoms with Crippen LogP contribution in [0.5, 0.6) is 5.75 Å². The lowest BCUT2D eigenvalue weighted by Gasteiger charge is -2.16. The molecule has 0 aliphatic heterocycles. The largest absolute Gasteiger partial charge is 0.508 e. The molecule has 0 aliphatic rings. The molecule has 100 valence electrons. The molecule has 0 bridgehead atoms. The minimum Gasteiger partial charge on any atom is -0.508 e. The normalized spacial score (nSPS) is 10.4. The highest BCUT2D eigenvalue weighted by Gasteiger charge is 2.16. The van der Waals surface area contributed by atoms with Crippen LogP contribution in [0, 0.1) is 0 Å². The van der Waals surface area contributed by atoms with Crippen LogP contribution in [0.15, 0.2) is 40.8 Å². The van der Waals surface area contributed by atoms with Crippen LogP contribution in [0.1, 0.15) is 21.9 Å². The van der Waals surface area contributed by atoms with Crippen LogP contribution >= 0.6 is 0 Å². The van der Waals surface area contributed by atoms with Crippen LogP contribution < -0.4 is 5.73 Å². The first-order valence-corrected chi connectivity index (χ1v) is 5.93. The Labute approximate surface area is 111 Å². The van der Waals surface area contributed by atoms with Gasteiger partial charge in [-0.05, 0) is 18.2 Å². The van der Waals surface area contributed by atoms with E-state index in [1.807, 2.05) is 6.07 Å². The summed E-state index contributed by atoms with van der Waals surface area (Å²) in [5.74, 6) is 0.741. The van der Waals surface area contributed by atoms with Crippen molar-refractivity contribution in [2.24, 2.45) is 5.73 Å². The van der Waals surface area contributed by atoms with Gasteiger partial charge in [-0.1, -0.05) is 18.2 Å². The highest BCUT2D eigenvalue weighted by Crippen LogP contribution is 2.18. The zero-order valence-corrected chi connectivity index (χ0v) is 10.7. The van der Waals surface area contributed by atoms with Crippen LogP contribution in [-0.2, 0) is 13.1 Å². The SMILES string of the molecule is CN(Cc1ccccc1O)C(=O)c1ccc(CN)o1. The molecule has 1 aromatic heterocycles. The molecule has 0 saturated carbocycles. The summed E-state index contributed by atoms with van der Waals surface area (Å²) in [6.07, 6.45) is 0. The summed E-state index contributed by atoms with van der Waals surface area (Å²) in [5.41, 5.74) is 6.12. The summed E-state index contributed by atoms with van der Waals surface area (Å²) in [6.45, 7) is 0.570. The first-order chi connectivity index (χ1) is 9.11. The van der Waals surface area contributed by atoms with Crippen LogP contribution in [-0.4, -0.2) is 23.0 Å². The molecule has 5 nitrogen and oxygen atoms in total. The Morgan fingerprint density at radius 1 is 1.32 bits per heavy atom. The lowest BCUT2D eigenvalue weighted by molar-refractivity contribution is 0.0751. The Balaban J connectivity index is 2.09. The molecule has 0 atom stereocenters. The number of benzene rings is 1. The number of furan rings is 1. The lowest BCUT2D eigenvalue weighted by atomic mass is 10.2. The Morgan fingerprint density at radius 2 is 2.05 bits per heavy atom. The zero-order chi connectivity index (χ0) is 13.8. The molecule has 5 heteroatoms. The van der Waals surface area contributed by atoms with Gasteiger partial charge in [-0.15, -0.1) is 0 Å². The second-order valence-corrected chi connectivity index (χ2v) is 4.26. The van der Waals surface area contributed by atoms with Gasteiger partial charge in [-0.3, -0.25) is 4.79 Å². The summed E-state index contributed by atoms with van der Waals surface area (Å²) in [7, 11) is 1.65. The van der Waals surface area contributed by atoms with Crippen molar-refractivity contribution in [1.82, 2.24) is 4.90 Å². The molecular formula is C14H16N2O3. The van der Waals surface area contributed by atoms with Crippen LogP contribution in [0.25, 0.3) is 0 Å². The van der Waals surface area contributed by atoms with Crippen LogP contribution in [0.3, 0.4) is 0 Å². The molecule has 0 spiro atoms. The first-order valence-electron chi connectivity index (χ1n) is 5.93. The van der Waals surface area contributed by atoms with Crippen molar-refractivity contribution in [3.8, 4) is 5.75 Å². The van der Waals surface area contributed by atoms with Crippen molar-refractivity contribution >= 4 is 5.91 Å². The van der Waals surface area contributed by atoms with Gasteiger partial charge >= 0.3 is 0 Å². The van der Waals surface area contributed by atoms with E-state index in [1.54, 1.807) is 37.4 Å². The van der Waals surface area contributed by atoms with E-state index >= 15 is 0 Å². The number of hydrogen-bond acceptors (Lipinski definition) is 4. The molecule has 0 fully saturated rings. The minimum absolute atomic E-state index is 0.171. The van der Waals surface area contributed by atoms with Gasteiger partial charge < -0.3 is 20.2 Å². The molecule has 2 aromatic rings. The summed E-state index contributed by atoms with van der Waals surface area (Å²) >= 11 is 0. The topological polar surface area (TPSA) is 79.7 Å². The predicted molar refractivity (Wildman–Crippen MR) is 70.5 cm³/mol. The molecule has 0 unspecified atom stereocenters. The van der Waals surface area contributed by atoms with Crippen molar-refractivity contribution in [3.63, 3.8) is 0 Å².